The van der Waals surface area contributed by atoms with E-state index >= 15 is 0 Å². The Bertz CT molecular complexity index is 803. The number of urea groups is 1. The third-order valence-electron chi connectivity index (χ3n) is 4.32. The normalized spacial score (nSPS) is 16.4. The molecule has 1 saturated heterocycles. The van der Waals surface area contributed by atoms with Gasteiger partial charge in [-0.3, -0.25) is 9.59 Å². The highest BCUT2D eigenvalue weighted by atomic mass is 16.2. The second-order valence-electron chi connectivity index (χ2n) is 6.39. The molecule has 6 nitrogen and oxygen atoms in total. The van der Waals surface area contributed by atoms with Crippen molar-refractivity contribution in [2.24, 2.45) is 0 Å². The Hall–Kier alpha value is -3.15. The van der Waals surface area contributed by atoms with Crippen LogP contribution in [0.25, 0.3) is 0 Å². The summed E-state index contributed by atoms with van der Waals surface area (Å²) in [6.07, 6.45) is 0.295. The molecule has 1 aliphatic rings. The number of rotatable bonds is 5. The van der Waals surface area contributed by atoms with Gasteiger partial charge in [0.1, 0.15) is 0 Å². The van der Waals surface area contributed by atoms with Crippen molar-refractivity contribution in [3.05, 3.63) is 65.7 Å². The average molecular weight is 351 g/mol. The van der Waals surface area contributed by atoms with Crippen LogP contribution in [-0.2, 0) is 11.3 Å². The van der Waals surface area contributed by atoms with Crippen molar-refractivity contribution in [1.29, 1.82) is 0 Å². The van der Waals surface area contributed by atoms with Gasteiger partial charge in [-0.25, -0.2) is 4.79 Å². The van der Waals surface area contributed by atoms with Gasteiger partial charge in [0.25, 0.3) is 0 Å². The molecule has 1 aliphatic heterocycles. The summed E-state index contributed by atoms with van der Waals surface area (Å²) in [4.78, 5) is 37.3. The fraction of sp³-hybridized carbons (Fsp3) is 0.250. The summed E-state index contributed by atoms with van der Waals surface area (Å²) in [6, 6.07) is 15.9. The van der Waals surface area contributed by atoms with Gasteiger partial charge in [0.15, 0.2) is 5.78 Å². The lowest BCUT2D eigenvalue weighted by Crippen LogP contribution is -2.39. The first-order chi connectivity index (χ1) is 12.5. The summed E-state index contributed by atoms with van der Waals surface area (Å²) in [5.41, 5.74) is 2.25. The first-order valence-electron chi connectivity index (χ1n) is 8.51. The number of nitrogens with one attached hydrogen (secondary N) is 2. The molecule has 0 radical (unpaired) electrons. The molecular weight excluding hydrogens is 330 g/mol. The highest BCUT2D eigenvalue weighted by Crippen LogP contribution is 2.16. The molecule has 3 amide bonds. The van der Waals surface area contributed by atoms with Crippen LogP contribution in [-0.4, -0.2) is 35.2 Å². The summed E-state index contributed by atoms with van der Waals surface area (Å²) in [7, 11) is 0. The van der Waals surface area contributed by atoms with Crippen molar-refractivity contribution in [3.63, 3.8) is 0 Å². The molecule has 2 aromatic rings. The Morgan fingerprint density at radius 3 is 2.42 bits per heavy atom. The van der Waals surface area contributed by atoms with Crippen LogP contribution in [0.1, 0.15) is 29.3 Å². The second-order valence-corrected chi connectivity index (χ2v) is 6.39. The van der Waals surface area contributed by atoms with Crippen molar-refractivity contribution >= 4 is 23.4 Å². The number of amides is 3. The molecule has 6 heteroatoms. The maximum atomic E-state index is 12.2. The van der Waals surface area contributed by atoms with Gasteiger partial charge in [-0.05, 0) is 36.8 Å². The lowest BCUT2D eigenvalue weighted by molar-refractivity contribution is -0.128. The van der Waals surface area contributed by atoms with Crippen molar-refractivity contribution in [2.45, 2.75) is 25.9 Å². The molecule has 0 spiro atoms. The molecule has 134 valence electrons. The number of carbonyl (C=O) groups excluding carboxylic acids is 3. The van der Waals surface area contributed by atoms with Crippen LogP contribution in [0.2, 0.25) is 0 Å². The van der Waals surface area contributed by atoms with Gasteiger partial charge in [-0.15, -0.1) is 0 Å². The fourth-order valence-electron chi connectivity index (χ4n) is 2.97. The zero-order chi connectivity index (χ0) is 18.5. The quantitative estimate of drug-likeness (QED) is 0.813. The van der Waals surface area contributed by atoms with Crippen molar-refractivity contribution in [2.75, 3.05) is 11.9 Å². The van der Waals surface area contributed by atoms with E-state index in [0.29, 0.717) is 30.8 Å². The van der Waals surface area contributed by atoms with E-state index in [1.807, 2.05) is 30.3 Å². The topological polar surface area (TPSA) is 78.5 Å². The third kappa shape index (κ3) is 4.47. The minimum atomic E-state index is -0.361. The van der Waals surface area contributed by atoms with Crippen LogP contribution in [0.4, 0.5) is 10.5 Å². The number of hydrogen-bond acceptors (Lipinski definition) is 3. The van der Waals surface area contributed by atoms with E-state index in [2.05, 4.69) is 10.6 Å². The predicted molar refractivity (Wildman–Crippen MR) is 98.9 cm³/mol. The molecule has 1 heterocycles. The molecule has 3 rings (SSSR count). The number of anilines is 1. The standard InChI is InChI=1S/C20H21N3O3/c1-14(24)16-7-9-17(10-8-16)21-20(26)22-18-11-19(25)23(13-18)12-15-5-3-2-4-6-15/h2-10,18H,11-13H2,1H3,(H2,21,22,26). The molecule has 0 aliphatic carbocycles. The summed E-state index contributed by atoms with van der Waals surface area (Å²) in [5.74, 6) is 0.00828. The number of likely N-dealkylation sites (tertiary alicyclic amines) is 1. The molecule has 26 heavy (non-hydrogen) atoms. The van der Waals surface area contributed by atoms with Crippen LogP contribution in [0.3, 0.4) is 0 Å². The molecule has 1 fully saturated rings. The van der Waals surface area contributed by atoms with Gasteiger partial charge < -0.3 is 15.5 Å². The monoisotopic (exact) mass is 351 g/mol. The molecule has 2 N–H and O–H groups in total. The summed E-state index contributed by atoms with van der Waals surface area (Å²) in [6.45, 7) is 2.53. The zero-order valence-electron chi connectivity index (χ0n) is 14.6. The molecule has 0 saturated carbocycles. The lowest BCUT2D eigenvalue weighted by Gasteiger charge is -2.17. The zero-order valence-corrected chi connectivity index (χ0v) is 14.6. The lowest BCUT2D eigenvalue weighted by atomic mass is 10.1. The third-order valence-corrected chi connectivity index (χ3v) is 4.32. The first kappa shape index (κ1) is 17.7. The van der Waals surface area contributed by atoms with Gasteiger partial charge in [0, 0.05) is 30.8 Å². The Labute approximate surface area is 152 Å². The smallest absolute Gasteiger partial charge is 0.319 e. The molecule has 0 aromatic heterocycles. The van der Waals surface area contributed by atoms with Gasteiger partial charge in [0.05, 0.1) is 6.04 Å². The van der Waals surface area contributed by atoms with E-state index in [1.54, 1.807) is 29.2 Å². The second kappa shape index (κ2) is 7.82. The van der Waals surface area contributed by atoms with Crippen molar-refractivity contribution < 1.29 is 14.4 Å². The predicted octanol–water partition coefficient (Wildman–Crippen LogP) is 2.81. The van der Waals surface area contributed by atoms with Gasteiger partial charge in [0.2, 0.25) is 5.91 Å². The fourth-order valence-corrected chi connectivity index (χ4v) is 2.97. The van der Waals surface area contributed by atoms with E-state index < -0.39 is 0 Å². The van der Waals surface area contributed by atoms with E-state index in [1.165, 1.54) is 6.92 Å². The van der Waals surface area contributed by atoms with Crippen LogP contribution in [0, 0.1) is 0 Å². The van der Waals surface area contributed by atoms with Crippen LogP contribution < -0.4 is 10.6 Å². The summed E-state index contributed by atoms with van der Waals surface area (Å²) in [5, 5.41) is 5.55. The van der Waals surface area contributed by atoms with E-state index in [0.717, 1.165) is 5.56 Å². The molecular formula is C20H21N3O3. The minimum Gasteiger partial charge on any atom is -0.336 e. The largest absolute Gasteiger partial charge is 0.336 e. The number of benzene rings is 2. The van der Waals surface area contributed by atoms with E-state index in [-0.39, 0.29) is 23.8 Å². The Morgan fingerprint density at radius 2 is 1.77 bits per heavy atom. The molecule has 1 unspecified atom stereocenters. The van der Waals surface area contributed by atoms with E-state index in [4.69, 9.17) is 0 Å². The van der Waals surface area contributed by atoms with Gasteiger partial charge in [-0.1, -0.05) is 30.3 Å². The number of ketones is 1. The molecule has 2 aromatic carbocycles. The van der Waals surface area contributed by atoms with Gasteiger partial charge in [-0.2, -0.15) is 0 Å². The number of hydrogen-bond donors (Lipinski definition) is 2. The molecule has 1 atom stereocenters. The van der Waals surface area contributed by atoms with Crippen LogP contribution in [0.5, 0.6) is 0 Å². The number of nitrogens with zero attached hydrogens (tertiary/aromatic N) is 1. The summed E-state index contributed by atoms with van der Waals surface area (Å²) < 4.78 is 0. The van der Waals surface area contributed by atoms with Crippen molar-refractivity contribution in [1.82, 2.24) is 10.2 Å². The van der Waals surface area contributed by atoms with Crippen molar-refractivity contribution in [3.8, 4) is 0 Å². The SMILES string of the molecule is CC(=O)c1ccc(NC(=O)NC2CC(=O)N(Cc3ccccc3)C2)cc1. The minimum absolute atomic E-state index is 0.0241. The highest BCUT2D eigenvalue weighted by Gasteiger charge is 2.30. The Balaban J connectivity index is 1.51. The van der Waals surface area contributed by atoms with E-state index in [9.17, 15) is 14.4 Å². The first-order valence-corrected chi connectivity index (χ1v) is 8.51. The summed E-state index contributed by atoms with van der Waals surface area (Å²) >= 11 is 0. The Morgan fingerprint density at radius 1 is 1.08 bits per heavy atom. The molecule has 0 bridgehead atoms. The maximum Gasteiger partial charge on any atom is 0.319 e. The highest BCUT2D eigenvalue weighted by molar-refractivity contribution is 5.95. The van der Waals surface area contributed by atoms with Gasteiger partial charge >= 0.3 is 6.03 Å². The van der Waals surface area contributed by atoms with Crippen LogP contribution >= 0.6 is 0 Å². The Kier molecular flexibility index (Phi) is 5.31. The number of Topliss-reactive ketones (excluding diaryl/α,β-unsaturated/α-hetero) is 1. The number of carbonyl (C=O) groups is 3. The maximum absolute atomic E-state index is 12.2. The average Bonchev–Trinajstić information content (AvgIpc) is 2.95. The van der Waals surface area contributed by atoms with Crippen LogP contribution in [0.15, 0.2) is 54.6 Å².